The van der Waals surface area contributed by atoms with Crippen LogP contribution < -0.4 is 5.73 Å². The van der Waals surface area contributed by atoms with Crippen LogP contribution in [0.3, 0.4) is 0 Å². The van der Waals surface area contributed by atoms with Crippen LogP contribution in [0, 0.1) is 12.3 Å². The molecule has 1 rings (SSSR count). The van der Waals surface area contributed by atoms with Crippen LogP contribution in [0.5, 0.6) is 5.75 Å². The van der Waals surface area contributed by atoms with E-state index in [1.54, 1.807) is 12.1 Å². The number of benzene rings is 1. The third-order valence-corrected chi connectivity index (χ3v) is 2.06. The Balaban J connectivity index is 2.90. The van der Waals surface area contributed by atoms with Crippen molar-refractivity contribution in [3.8, 4) is 18.1 Å². The van der Waals surface area contributed by atoms with Gasteiger partial charge in [-0.3, -0.25) is 0 Å². The molecule has 4 N–H and O–H groups in total. The second-order valence-electron chi connectivity index (χ2n) is 3.26. The SMILES string of the molecule is C#CC(N)(Cc1ccc(O)cc1)C(=O)O. The Morgan fingerprint density at radius 1 is 1.47 bits per heavy atom. The minimum Gasteiger partial charge on any atom is -0.508 e. The number of hydrogen-bond acceptors (Lipinski definition) is 3. The van der Waals surface area contributed by atoms with E-state index < -0.39 is 11.5 Å². The van der Waals surface area contributed by atoms with Gasteiger partial charge in [-0.25, -0.2) is 4.79 Å². The molecule has 1 aromatic rings. The second-order valence-corrected chi connectivity index (χ2v) is 3.26. The Kier molecular flexibility index (Phi) is 2.98. The predicted molar refractivity (Wildman–Crippen MR) is 55.2 cm³/mol. The summed E-state index contributed by atoms with van der Waals surface area (Å²) in [6.45, 7) is 0. The van der Waals surface area contributed by atoms with Crippen molar-refractivity contribution in [3.05, 3.63) is 29.8 Å². The molecule has 0 fully saturated rings. The van der Waals surface area contributed by atoms with Crippen LogP contribution in [-0.2, 0) is 11.2 Å². The standard InChI is InChI=1S/C11H11NO3/c1-2-11(12,10(14)15)7-8-3-5-9(13)6-4-8/h1,3-6,13H,7,12H2,(H,14,15). The molecule has 4 nitrogen and oxygen atoms in total. The molecule has 0 radical (unpaired) electrons. The molecule has 0 aliphatic heterocycles. The van der Waals surface area contributed by atoms with Crippen molar-refractivity contribution in [1.29, 1.82) is 0 Å². The monoisotopic (exact) mass is 205 g/mol. The molecule has 1 unspecified atom stereocenters. The van der Waals surface area contributed by atoms with Crippen molar-refractivity contribution < 1.29 is 15.0 Å². The molecule has 15 heavy (non-hydrogen) atoms. The zero-order valence-electron chi connectivity index (χ0n) is 7.97. The number of aromatic hydroxyl groups is 1. The van der Waals surface area contributed by atoms with E-state index in [1.165, 1.54) is 12.1 Å². The lowest BCUT2D eigenvalue weighted by Crippen LogP contribution is -2.48. The van der Waals surface area contributed by atoms with E-state index in [4.69, 9.17) is 22.4 Å². The molecular formula is C11H11NO3. The summed E-state index contributed by atoms with van der Waals surface area (Å²) in [5, 5.41) is 17.9. The predicted octanol–water partition coefficient (Wildman–Crippen LogP) is 0.350. The third kappa shape index (κ3) is 2.48. The number of phenolic OH excluding ortho intramolecular Hbond substituents is 1. The molecule has 0 aromatic heterocycles. The van der Waals surface area contributed by atoms with Gasteiger partial charge in [0.25, 0.3) is 0 Å². The molecular weight excluding hydrogens is 194 g/mol. The van der Waals surface area contributed by atoms with E-state index in [9.17, 15) is 4.79 Å². The third-order valence-electron chi connectivity index (χ3n) is 2.06. The fourth-order valence-corrected chi connectivity index (χ4v) is 1.12. The Hall–Kier alpha value is -1.99. The largest absolute Gasteiger partial charge is 0.508 e. The second kappa shape index (κ2) is 4.03. The summed E-state index contributed by atoms with van der Waals surface area (Å²) >= 11 is 0. The molecule has 1 atom stereocenters. The molecule has 4 heteroatoms. The summed E-state index contributed by atoms with van der Waals surface area (Å²) in [6.07, 6.45) is 5.11. The summed E-state index contributed by atoms with van der Waals surface area (Å²) in [7, 11) is 0. The maximum atomic E-state index is 10.8. The average molecular weight is 205 g/mol. The molecule has 0 aliphatic carbocycles. The van der Waals surface area contributed by atoms with Gasteiger partial charge in [-0.2, -0.15) is 0 Å². The van der Waals surface area contributed by atoms with Crippen LogP contribution in [-0.4, -0.2) is 21.7 Å². The van der Waals surface area contributed by atoms with Gasteiger partial charge in [0.1, 0.15) is 5.75 Å². The fraction of sp³-hybridized carbons (Fsp3) is 0.182. The Morgan fingerprint density at radius 2 is 2.00 bits per heavy atom. The van der Waals surface area contributed by atoms with Crippen molar-refractivity contribution in [2.24, 2.45) is 5.73 Å². The first-order chi connectivity index (χ1) is 6.98. The minimum absolute atomic E-state index is 0.0269. The van der Waals surface area contributed by atoms with Gasteiger partial charge in [-0.1, -0.05) is 18.1 Å². The van der Waals surface area contributed by atoms with Crippen molar-refractivity contribution >= 4 is 5.97 Å². The van der Waals surface area contributed by atoms with E-state index in [0.717, 1.165) is 0 Å². The summed E-state index contributed by atoms with van der Waals surface area (Å²) in [4.78, 5) is 10.8. The van der Waals surface area contributed by atoms with Gasteiger partial charge in [0.15, 0.2) is 5.54 Å². The van der Waals surface area contributed by atoms with Crippen LogP contribution in [0.4, 0.5) is 0 Å². The van der Waals surface area contributed by atoms with Crippen molar-refractivity contribution in [2.75, 3.05) is 0 Å². The summed E-state index contributed by atoms with van der Waals surface area (Å²) in [6, 6.07) is 6.07. The summed E-state index contributed by atoms with van der Waals surface area (Å²) in [5.41, 5.74) is 4.48. The van der Waals surface area contributed by atoms with Crippen LogP contribution in [0.25, 0.3) is 0 Å². The van der Waals surface area contributed by atoms with E-state index in [-0.39, 0.29) is 12.2 Å². The first-order valence-electron chi connectivity index (χ1n) is 4.26. The molecule has 0 saturated heterocycles. The summed E-state index contributed by atoms with van der Waals surface area (Å²) < 4.78 is 0. The van der Waals surface area contributed by atoms with Gasteiger partial charge in [0.2, 0.25) is 0 Å². The lowest BCUT2D eigenvalue weighted by atomic mass is 9.93. The average Bonchev–Trinajstić information content (AvgIpc) is 2.21. The highest BCUT2D eigenvalue weighted by Crippen LogP contribution is 2.14. The number of hydrogen-bond donors (Lipinski definition) is 3. The molecule has 0 spiro atoms. The molecule has 0 amide bonds. The van der Waals surface area contributed by atoms with Crippen molar-refractivity contribution in [3.63, 3.8) is 0 Å². The molecule has 0 aliphatic rings. The van der Waals surface area contributed by atoms with Gasteiger partial charge >= 0.3 is 5.97 Å². The van der Waals surface area contributed by atoms with E-state index >= 15 is 0 Å². The van der Waals surface area contributed by atoms with Crippen molar-refractivity contribution in [2.45, 2.75) is 12.0 Å². The highest BCUT2D eigenvalue weighted by Gasteiger charge is 2.31. The zero-order chi connectivity index (χ0) is 11.5. The molecule has 0 bridgehead atoms. The first kappa shape index (κ1) is 11.1. The minimum atomic E-state index is -1.70. The molecule has 1 aromatic carbocycles. The zero-order valence-corrected chi connectivity index (χ0v) is 7.97. The number of carbonyl (C=O) groups is 1. The number of phenols is 1. The highest BCUT2D eigenvalue weighted by molar-refractivity contribution is 5.83. The number of carboxylic acid groups (broad SMARTS) is 1. The van der Waals surface area contributed by atoms with Gasteiger partial charge in [-0.15, -0.1) is 6.42 Å². The van der Waals surface area contributed by atoms with Crippen LogP contribution in [0.2, 0.25) is 0 Å². The van der Waals surface area contributed by atoms with E-state index in [1.807, 2.05) is 0 Å². The van der Waals surface area contributed by atoms with Gasteiger partial charge < -0.3 is 15.9 Å². The number of carboxylic acids is 1. The number of terminal acetylenes is 1. The van der Waals surface area contributed by atoms with Crippen molar-refractivity contribution in [1.82, 2.24) is 0 Å². The molecule has 0 heterocycles. The quantitative estimate of drug-likeness (QED) is 0.622. The van der Waals surface area contributed by atoms with Crippen LogP contribution in [0.1, 0.15) is 5.56 Å². The first-order valence-corrected chi connectivity index (χ1v) is 4.26. The normalized spacial score (nSPS) is 13.9. The topological polar surface area (TPSA) is 83.5 Å². The smallest absolute Gasteiger partial charge is 0.336 e. The maximum Gasteiger partial charge on any atom is 0.336 e. The fourth-order valence-electron chi connectivity index (χ4n) is 1.12. The molecule has 0 saturated carbocycles. The highest BCUT2D eigenvalue weighted by atomic mass is 16.4. The maximum absolute atomic E-state index is 10.8. The molecule has 78 valence electrons. The van der Waals surface area contributed by atoms with Crippen LogP contribution >= 0.6 is 0 Å². The van der Waals surface area contributed by atoms with E-state index in [2.05, 4.69) is 5.92 Å². The number of nitrogens with two attached hydrogens (primary N) is 1. The number of aliphatic carboxylic acids is 1. The Labute approximate surface area is 87.3 Å². The van der Waals surface area contributed by atoms with Gasteiger partial charge in [0, 0.05) is 6.42 Å². The van der Waals surface area contributed by atoms with Gasteiger partial charge in [-0.05, 0) is 17.7 Å². The Bertz CT molecular complexity index is 405. The van der Waals surface area contributed by atoms with Gasteiger partial charge in [0.05, 0.1) is 0 Å². The van der Waals surface area contributed by atoms with Crippen LogP contribution in [0.15, 0.2) is 24.3 Å². The Morgan fingerprint density at radius 3 is 2.40 bits per heavy atom. The lowest BCUT2D eigenvalue weighted by Gasteiger charge is -2.17. The number of rotatable bonds is 3. The summed E-state index contributed by atoms with van der Waals surface area (Å²) in [5.74, 6) is 0.928. The van der Waals surface area contributed by atoms with E-state index in [0.29, 0.717) is 5.56 Å². The lowest BCUT2D eigenvalue weighted by molar-refractivity contribution is -0.141.